The van der Waals surface area contributed by atoms with E-state index in [2.05, 4.69) is 15.9 Å². The van der Waals surface area contributed by atoms with Crippen molar-refractivity contribution in [1.29, 1.82) is 5.26 Å². The van der Waals surface area contributed by atoms with Gasteiger partial charge < -0.3 is 4.74 Å². The topological polar surface area (TPSA) is 33.0 Å². The molecule has 0 N–H and O–H groups in total. The molecule has 0 aromatic heterocycles. The normalized spacial score (nSPS) is 10.0. The second-order valence-corrected chi connectivity index (χ2v) is 4.31. The van der Waals surface area contributed by atoms with Crippen molar-refractivity contribution in [3.05, 3.63) is 59.2 Å². The van der Waals surface area contributed by atoms with E-state index in [-0.39, 0.29) is 17.1 Å². The number of ether oxygens (including phenoxy) is 1. The molecule has 0 unspecified atom stereocenters. The highest BCUT2D eigenvalue weighted by Crippen LogP contribution is 2.29. The molecule has 0 aliphatic heterocycles. The molecule has 19 heavy (non-hydrogen) atoms. The van der Waals surface area contributed by atoms with E-state index in [9.17, 15) is 8.78 Å². The maximum Gasteiger partial charge on any atom is 0.167 e. The first-order valence-corrected chi connectivity index (χ1v) is 6.48. The molecular weight excluding hydrogens is 316 g/mol. The van der Waals surface area contributed by atoms with Gasteiger partial charge in [-0.3, -0.25) is 0 Å². The van der Waals surface area contributed by atoms with Crippen LogP contribution in [0, 0.1) is 23.0 Å². The molecule has 5 heteroatoms. The highest BCUT2D eigenvalue weighted by molar-refractivity contribution is 9.08. The van der Waals surface area contributed by atoms with Crippen molar-refractivity contribution in [3.8, 4) is 17.6 Å². The predicted molar refractivity (Wildman–Crippen MR) is 70.2 cm³/mol. The van der Waals surface area contributed by atoms with Gasteiger partial charge in [-0.05, 0) is 36.4 Å². The minimum absolute atomic E-state index is 0.00666. The summed E-state index contributed by atoms with van der Waals surface area (Å²) in [5, 5.41) is 9.04. The number of alkyl halides is 1. The number of benzene rings is 2. The molecule has 0 radical (unpaired) electrons. The minimum Gasteiger partial charge on any atom is -0.454 e. The van der Waals surface area contributed by atoms with Gasteiger partial charge in [-0.25, -0.2) is 8.78 Å². The van der Waals surface area contributed by atoms with Gasteiger partial charge >= 0.3 is 0 Å². The quantitative estimate of drug-likeness (QED) is 0.778. The Hall–Kier alpha value is -1.93. The summed E-state index contributed by atoms with van der Waals surface area (Å²) in [7, 11) is 0. The standard InChI is InChI=1S/C14H8BrF2NO/c15-7-10-6-11(16)2-4-13(10)19-14-3-1-9(8-18)5-12(14)17/h1-6H,7H2. The predicted octanol–water partition coefficient (Wildman–Crippen LogP) is 4.52. The Morgan fingerprint density at radius 1 is 1.11 bits per heavy atom. The number of nitriles is 1. The van der Waals surface area contributed by atoms with E-state index in [1.807, 2.05) is 6.07 Å². The van der Waals surface area contributed by atoms with Crippen molar-refractivity contribution >= 4 is 15.9 Å². The summed E-state index contributed by atoms with van der Waals surface area (Å²) in [5.41, 5.74) is 0.786. The van der Waals surface area contributed by atoms with Gasteiger partial charge in [0.2, 0.25) is 0 Å². The van der Waals surface area contributed by atoms with Gasteiger partial charge in [0.15, 0.2) is 11.6 Å². The van der Waals surface area contributed by atoms with Crippen molar-refractivity contribution in [2.75, 3.05) is 0 Å². The molecule has 0 aliphatic carbocycles. The molecule has 0 bridgehead atoms. The largest absolute Gasteiger partial charge is 0.454 e. The maximum absolute atomic E-state index is 13.7. The molecule has 0 saturated heterocycles. The number of rotatable bonds is 3. The molecule has 0 saturated carbocycles. The molecule has 0 heterocycles. The number of hydrogen-bond acceptors (Lipinski definition) is 2. The number of nitrogens with zero attached hydrogens (tertiary/aromatic N) is 1. The first kappa shape index (κ1) is 13.5. The lowest BCUT2D eigenvalue weighted by Crippen LogP contribution is -1.93. The summed E-state index contributed by atoms with van der Waals surface area (Å²) in [4.78, 5) is 0. The van der Waals surface area contributed by atoms with Gasteiger partial charge in [0.25, 0.3) is 0 Å². The van der Waals surface area contributed by atoms with Crippen LogP contribution in [0.1, 0.15) is 11.1 Å². The zero-order chi connectivity index (χ0) is 13.8. The molecule has 2 nitrogen and oxygen atoms in total. The van der Waals surface area contributed by atoms with Gasteiger partial charge in [0, 0.05) is 10.9 Å². The van der Waals surface area contributed by atoms with Crippen molar-refractivity contribution < 1.29 is 13.5 Å². The number of hydrogen-bond donors (Lipinski definition) is 0. The third-order valence-electron chi connectivity index (χ3n) is 2.45. The Bertz CT molecular complexity index is 652. The van der Waals surface area contributed by atoms with Crippen molar-refractivity contribution in [1.82, 2.24) is 0 Å². The molecule has 2 rings (SSSR count). The van der Waals surface area contributed by atoms with E-state index in [0.29, 0.717) is 16.6 Å². The zero-order valence-electron chi connectivity index (χ0n) is 9.66. The highest BCUT2D eigenvalue weighted by atomic mass is 79.9. The smallest absolute Gasteiger partial charge is 0.167 e. The second-order valence-electron chi connectivity index (χ2n) is 3.74. The molecule has 0 atom stereocenters. The Labute approximate surface area is 117 Å². The minimum atomic E-state index is -0.635. The van der Waals surface area contributed by atoms with E-state index in [1.54, 1.807) is 0 Å². The first-order valence-electron chi connectivity index (χ1n) is 5.36. The van der Waals surface area contributed by atoms with Gasteiger partial charge in [0.05, 0.1) is 11.6 Å². The van der Waals surface area contributed by atoms with Gasteiger partial charge in [-0.2, -0.15) is 5.26 Å². The molecule has 2 aromatic rings. The van der Waals surface area contributed by atoms with Crippen LogP contribution in [0.15, 0.2) is 36.4 Å². The van der Waals surface area contributed by atoms with E-state index in [4.69, 9.17) is 10.00 Å². The molecule has 2 aromatic carbocycles. The van der Waals surface area contributed by atoms with Crippen LogP contribution in [0.3, 0.4) is 0 Å². The lowest BCUT2D eigenvalue weighted by Gasteiger charge is -2.10. The molecule has 0 amide bonds. The molecular formula is C14H8BrF2NO. The molecule has 0 aliphatic rings. The summed E-state index contributed by atoms with van der Waals surface area (Å²) in [5.74, 6) is -0.666. The zero-order valence-corrected chi connectivity index (χ0v) is 11.2. The van der Waals surface area contributed by atoms with Crippen molar-refractivity contribution in [2.24, 2.45) is 0 Å². The van der Waals surface area contributed by atoms with Crippen LogP contribution in [-0.4, -0.2) is 0 Å². The van der Waals surface area contributed by atoms with Crippen LogP contribution in [0.4, 0.5) is 8.78 Å². The van der Waals surface area contributed by atoms with E-state index in [0.717, 1.165) is 6.07 Å². The fourth-order valence-corrected chi connectivity index (χ4v) is 1.96. The fraction of sp³-hybridized carbons (Fsp3) is 0.0714. The van der Waals surface area contributed by atoms with Gasteiger partial charge in [0.1, 0.15) is 11.6 Å². The number of halogens is 3. The summed E-state index contributed by atoms with van der Waals surface area (Å²) < 4.78 is 32.1. The van der Waals surface area contributed by atoms with Crippen molar-refractivity contribution in [2.45, 2.75) is 5.33 Å². The third kappa shape index (κ3) is 3.09. The average Bonchev–Trinajstić information content (AvgIpc) is 2.42. The summed E-state index contributed by atoms with van der Waals surface area (Å²) >= 11 is 3.21. The lowest BCUT2D eigenvalue weighted by molar-refractivity contribution is 0.438. The lowest BCUT2D eigenvalue weighted by atomic mass is 10.2. The van der Waals surface area contributed by atoms with Crippen LogP contribution in [-0.2, 0) is 5.33 Å². The van der Waals surface area contributed by atoms with Crippen LogP contribution in [0.5, 0.6) is 11.5 Å². The van der Waals surface area contributed by atoms with Crippen molar-refractivity contribution in [3.63, 3.8) is 0 Å². The molecule has 96 valence electrons. The van der Waals surface area contributed by atoms with E-state index >= 15 is 0 Å². The van der Waals surface area contributed by atoms with E-state index < -0.39 is 5.82 Å². The summed E-state index contributed by atoms with van der Waals surface area (Å²) in [6.45, 7) is 0. The Balaban J connectivity index is 2.34. The first-order chi connectivity index (χ1) is 9.13. The molecule has 0 fully saturated rings. The third-order valence-corrected chi connectivity index (χ3v) is 3.05. The summed E-state index contributed by atoms with van der Waals surface area (Å²) in [6.07, 6.45) is 0. The molecule has 0 spiro atoms. The second kappa shape index (κ2) is 5.81. The maximum atomic E-state index is 13.7. The van der Waals surface area contributed by atoms with Crippen LogP contribution in [0.25, 0.3) is 0 Å². The van der Waals surface area contributed by atoms with Crippen LogP contribution < -0.4 is 4.74 Å². The Morgan fingerprint density at radius 2 is 1.84 bits per heavy atom. The van der Waals surface area contributed by atoms with Crippen LogP contribution in [0.2, 0.25) is 0 Å². The Kier molecular flexibility index (Phi) is 4.13. The highest BCUT2D eigenvalue weighted by Gasteiger charge is 2.10. The fourth-order valence-electron chi connectivity index (χ4n) is 1.52. The van der Waals surface area contributed by atoms with Crippen LogP contribution >= 0.6 is 15.9 Å². The van der Waals surface area contributed by atoms with E-state index in [1.165, 1.54) is 30.3 Å². The monoisotopic (exact) mass is 323 g/mol. The summed E-state index contributed by atoms with van der Waals surface area (Å²) in [6, 6.07) is 9.73. The Morgan fingerprint density at radius 3 is 2.47 bits per heavy atom. The average molecular weight is 324 g/mol. The SMILES string of the molecule is N#Cc1ccc(Oc2ccc(F)cc2CBr)c(F)c1. The van der Waals surface area contributed by atoms with Gasteiger partial charge in [-0.1, -0.05) is 15.9 Å². The van der Waals surface area contributed by atoms with Gasteiger partial charge in [-0.15, -0.1) is 0 Å².